The summed E-state index contributed by atoms with van der Waals surface area (Å²) in [5, 5.41) is 11.7. The van der Waals surface area contributed by atoms with Crippen LogP contribution in [0.2, 0.25) is 0 Å². The van der Waals surface area contributed by atoms with Crippen LogP contribution in [0.5, 0.6) is 0 Å². The number of aliphatic carboxylic acids is 1. The Labute approximate surface area is 130 Å². The van der Waals surface area contributed by atoms with Crippen molar-refractivity contribution in [2.75, 3.05) is 31.7 Å². The Morgan fingerprint density at radius 3 is 2.50 bits per heavy atom. The van der Waals surface area contributed by atoms with Crippen molar-refractivity contribution in [1.82, 2.24) is 0 Å². The molecule has 0 aliphatic carbocycles. The summed E-state index contributed by atoms with van der Waals surface area (Å²) in [6, 6.07) is 7.11. The maximum atomic E-state index is 11.8. The van der Waals surface area contributed by atoms with E-state index in [1.807, 2.05) is 12.1 Å². The molecule has 0 aliphatic rings. The number of hydrogen-bond donors (Lipinski definition) is 2. The SMILES string of the molecule is CCCCNc1ccc(C(=O)OCCOCCC(=O)O)cc1. The van der Waals surface area contributed by atoms with Crippen LogP contribution < -0.4 is 5.32 Å². The summed E-state index contributed by atoms with van der Waals surface area (Å²) < 4.78 is 10.1. The average Bonchev–Trinajstić information content (AvgIpc) is 2.51. The first-order valence-corrected chi connectivity index (χ1v) is 7.44. The van der Waals surface area contributed by atoms with E-state index in [-0.39, 0.29) is 26.2 Å². The van der Waals surface area contributed by atoms with Gasteiger partial charge in [0.05, 0.1) is 25.2 Å². The molecule has 0 bridgehead atoms. The Kier molecular flexibility index (Phi) is 8.67. The first-order valence-electron chi connectivity index (χ1n) is 7.44. The number of unbranched alkanes of at least 4 members (excludes halogenated alkanes) is 1. The van der Waals surface area contributed by atoms with Gasteiger partial charge in [-0.2, -0.15) is 0 Å². The van der Waals surface area contributed by atoms with E-state index >= 15 is 0 Å². The molecule has 0 saturated carbocycles. The number of ether oxygens (including phenoxy) is 2. The molecule has 0 heterocycles. The van der Waals surface area contributed by atoms with Gasteiger partial charge >= 0.3 is 11.9 Å². The summed E-state index contributed by atoms with van der Waals surface area (Å²) in [4.78, 5) is 22.0. The van der Waals surface area contributed by atoms with Gasteiger partial charge in [0, 0.05) is 12.2 Å². The summed E-state index contributed by atoms with van der Waals surface area (Å²) in [6.07, 6.45) is 2.18. The van der Waals surface area contributed by atoms with Crippen molar-refractivity contribution in [2.45, 2.75) is 26.2 Å². The topological polar surface area (TPSA) is 84.9 Å². The van der Waals surface area contributed by atoms with E-state index in [9.17, 15) is 9.59 Å². The van der Waals surface area contributed by atoms with E-state index in [4.69, 9.17) is 14.6 Å². The van der Waals surface area contributed by atoms with E-state index in [2.05, 4.69) is 12.2 Å². The molecule has 22 heavy (non-hydrogen) atoms. The number of carboxylic acid groups (broad SMARTS) is 1. The number of rotatable bonds is 11. The van der Waals surface area contributed by atoms with E-state index in [1.165, 1.54) is 0 Å². The van der Waals surface area contributed by atoms with Crippen molar-refractivity contribution in [3.05, 3.63) is 29.8 Å². The summed E-state index contributed by atoms with van der Waals surface area (Å²) in [7, 11) is 0. The zero-order valence-corrected chi connectivity index (χ0v) is 12.8. The van der Waals surface area contributed by atoms with E-state index < -0.39 is 11.9 Å². The fraction of sp³-hybridized carbons (Fsp3) is 0.500. The summed E-state index contributed by atoms with van der Waals surface area (Å²) in [5.74, 6) is -1.33. The smallest absolute Gasteiger partial charge is 0.338 e. The van der Waals surface area contributed by atoms with Crippen molar-refractivity contribution in [1.29, 1.82) is 0 Å². The van der Waals surface area contributed by atoms with Crippen LogP contribution >= 0.6 is 0 Å². The summed E-state index contributed by atoms with van der Waals surface area (Å²) in [5.41, 5.74) is 1.45. The zero-order chi connectivity index (χ0) is 16.2. The normalized spacial score (nSPS) is 10.2. The molecular weight excluding hydrogens is 286 g/mol. The molecule has 1 aromatic rings. The Morgan fingerprint density at radius 1 is 1.14 bits per heavy atom. The van der Waals surface area contributed by atoms with Gasteiger partial charge in [-0.1, -0.05) is 13.3 Å². The maximum Gasteiger partial charge on any atom is 0.338 e. The Bertz CT molecular complexity index is 458. The number of hydrogen-bond acceptors (Lipinski definition) is 5. The highest BCUT2D eigenvalue weighted by Crippen LogP contribution is 2.10. The molecule has 0 aromatic heterocycles. The molecule has 122 valence electrons. The van der Waals surface area contributed by atoms with Gasteiger partial charge < -0.3 is 19.9 Å². The quantitative estimate of drug-likeness (QED) is 0.483. The largest absolute Gasteiger partial charge is 0.481 e. The molecular formula is C16H23NO5. The average molecular weight is 309 g/mol. The molecule has 0 fully saturated rings. The van der Waals surface area contributed by atoms with Crippen molar-refractivity contribution in [3.63, 3.8) is 0 Å². The second-order valence-corrected chi connectivity index (χ2v) is 4.75. The zero-order valence-electron chi connectivity index (χ0n) is 12.8. The van der Waals surface area contributed by atoms with Crippen LogP contribution in [0.4, 0.5) is 5.69 Å². The Hall–Kier alpha value is -2.08. The lowest BCUT2D eigenvalue weighted by Crippen LogP contribution is -2.12. The first-order chi connectivity index (χ1) is 10.6. The Balaban J connectivity index is 2.23. The highest BCUT2D eigenvalue weighted by atomic mass is 16.6. The molecule has 1 aromatic carbocycles. The molecule has 0 radical (unpaired) electrons. The molecule has 0 amide bonds. The lowest BCUT2D eigenvalue weighted by atomic mass is 10.2. The lowest BCUT2D eigenvalue weighted by Gasteiger charge is -2.07. The standard InChI is InChI=1S/C16H23NO5/c1-2-3-9-17-14-6-4-13(5-7-14)16(20)22-12-11-21-10-8-15(18)19/h4-7,17H,2-3,8-12H2,1H3,(H,18,19). The molecule has 2 N–H and O–H groups in total. The van der Waals surface area contributed by atoms with Gasteiger partial charge in [-0.25, -0.2) is 4.79 Å². The number of carbonyl (C=O) groups is 2. The number of carboxylic acids is 1. The van der Waals surface area contributed by atoms with Gasteiger partial charge in [0.15, 0.2) is 0 Å². The third kappa shape index (κ3) is 7.64. The van der Waals surface area contributed by atoms with Crippen molar-refractivity contribution >= 4 is 17.6 Å². The monoisotopic (exact) mass is 309 g/mol. The van der Waals surface area contributed by atoms with Gasteiger partial charge in [-0.15, -0.1) is 0 Å². The molecule has 0 aliphatic heterocycles. The van der Waals surface area contributed by atoms with Crippen LogP contribution in [-0.2, 0) is 14.3 Å². The van der Waals surface area contributed by atoms with Gasteiger partial charge in [0.25, 0.3) is 0 Å². The fourth-order valence-corrected chi connectivity index (χ4v) is 1.67. The van der Waals surface area contributed by atoms with Crippen molar-refractivity contribution in [3.8, 4) is 0 Å². The fourth-order valence-electron chi connectivity index (χ4n) is 1.67. The molecule has 6 heteroatoms. The predicted octanol–water partition coefficient (Wildman–Crippen LogP) is 2.55. The predicted molar refractivity (Wildman–Crippen MR) is 83.2 cm³/mol. The van der Waals surface area contributed by atoms with Crippen LogP contribution in [0, 0.1) is 0 Å². The number of nitrogens with one attached hydrogen (secondary N) is 1. The Morgan fingerprint density at radius 2 is 1.86 bits per heavy atom. The van der Waals surface area contributed by atoms with Gasteiger partial charge in [-0.3, -0.25) is 4.79 Å². The first kappa shape index (κ1) is 18.0. The third-order valence-electron chi connectivity index (χ3n) is 2.90. The van der Waals surface area contributed by atoms with Gasteiger partial charge in [0.1, 0.15) is 6.61 Å². The summed E-state index contributed by atoms with van der Waals surface area (Å²) in [6.45, 7) is 3.45. The molecule has 0 spiro atoms. The molecule has 0 atom stereocenters. The molecule has 0 unspecified atom stereocenters. The molecule has 1 rings (SSSR count). The van der Waals surface area contributed by atoms with Gasteiger partial charge in [-0.05, 0) is 30.7 Å². The number of anilines is 1. The van der Waals surface area contributed by atoms with Crippen LogP contribution in [0.15, 0.2) is 24.3 Å². The van der Waals surface area contributed by atoms with Crippen LogP contribution in [-0.4, -0.2) is 43.4 Å². The maximum absolute atomic E-state index is 11.8. The minimum atomic E-state index is -0.912. The highest BCUT2D eigenvalue weighted by Gasteiger charge is 2.06. The van der Waals surface area contributed by atoms with Crippen LogP contribution in [0.3, 0.4) is 0 Å². The van der Waals surface area contributed by atoms with Crippen molar-refractivity contribution < 1.29 is 24.2 Å². The second kappa shape index (κ2) is 10.6. The molecule has 6 nitrogen and oxygen atoms in total. The number of carbonyl (C=O) groups excluding carboxylic acids is 1. The highest BCUT2D eigenvalue weighted by molar-refractivity contribution is 5.89. The number of esters is 1. The third-order valence-corrected chi connectivity index (χ3v) is 2.90. The van der Waals surface area contributed by atoms with Crippen LogP contribution in [0.1, 0.15) is 36.5 Å². The van der Waals surface area contributed by atoms with E-state index in [0.29, 0.717) is 5.56 Å². The lowest BCUT2D eigenvalue weighted by molar-refractivity contribution is -0.138. The minimum Gasteiger partial charge on any atom is -0.481 e. The minimum absolute atomic E-state index is 0.0551. The van der Waals surface area contributed by atoms with E-state index in [0.717, 1.165) is 25.1 Å². The molecule has 0 saturated heterocycles. The summed E-state index contributed by atoms with van der Waals surface area (Å²) >= 11 is 0. The van der Waals surface area contributed by atoms with Crippen LogP contribution in [0.25, 0.3) is 0 Å². The number of benzene rings is 1. The van der Waals surface area contributed by atoms with Gasteiger partial charge in [0.2, 0.25) is 0 Å². The second-order valence-electron chi connectivity index (χ2n) is 4.75. The van der Waals surface area contributed by atoms with E-state index in [1.54, 1.807) is 12.1 Å². The van der Waals surface area contributed by atoms with Crippen molar-refractivity contribution in [2.24, 2.45) is 0 Å².